The second-order valence-corrected chi connectivity index (χ2v) is 5.78. The fourth-order valence-corrected chi connectivity index (χ4v) is 2.01. The van der Waals surface area contributed by atoms with Crippen LogP contribution in [0.25, 0.3) is 0 Å². The fraction of sp³-hybridized carbons (Fsp3) is 0.600. The summed E-state index contributed by atoms with van der Waals surface area (Å²) >= 11 is 5.91. The summed E-state index contributed by atoms with van der Waals surface area (Å²) in [7, 11) is 2.10. The monoisotopic (exact) mass is 269 g/mol. The van der Waals surface area contributed by atoms with Crippen LogP contribution >= 0.6 is 11.6 Å². The molecule has 1 aromatic rings. The van der Waals surface area contributed by atoms with Crippen LogP contribution in [0.3, 0.4) is 0 Å². The molecule has 0 spiro atoms. The Morgan fingerprint density at radius 1 is 1.22 bits per heavy atom. The molecule has 0 aliphatic rings. The molecule has 1 rings (SSSR count). The minimum absolute atomic E-state index is 0.426. The van der Waals surface area contributed by atoms with E-state index >= 15 is 0 Å². The number of hydrogen-bond donors (Lipinski definition) is 1. The molecule has 0 aliphatic heterocycles. The molecule has 0 saturated heterocycles. The Kier molecular flexibility index (Phi) is 6.69. The van der Waals surface area contributed by atoms with E-state index in [1.165, 1.54) is 6.42 Å². The molecule has 1 aromatic carbocycles. The van der Waals surface area contributed by atoms with Gasteiger partial charge >= 0.3 is 0 Å². The van der Waals surface area contributed by atoms with Crippen molar-refractivity contribution in [2.75, 3.05) is 20.1 Å². The highest BCUT2D eigenvalue weighted by molar-refractivity contribution is 6.30. The molecule has 18 heavy (non-hydrogen) atoms. The summed E-state index contributed by atoms with van der Waals surface area (Å²) in [6, 6.07) is 7.46. The minimum Gasteiger partial charge on any atom is -0.388 e. The van der Waals surface area contributed by atoms with E-state index in [9.17, 15) is 5.11 Å². The average Bonchev–Trinajstić information content (AvgIpc) is 2.33. The lowest BCUT2D eigenvalue weighted by Crippen LogP contribution is -2.23. The van der Waals surface area contributed by atoms with Crippen LogP contribution in [0.1, 0.15) is 38.4 Å². The molecule has 0 fully saturated rings. The molecule has 0 amide bonds. The zero-order valence-corrected chi connectivity index (χ0v) is 12.3. The van der Waals surface area contributed by atoms with E-state index < -0.39 is 6.10 Å². The highest BCUT2D eigenvalue weighted by atomic mass is 35.5. The lowest BCUT2D eigenvalue weighted by molar-refractivity contribution is 0.148. The number of aliphatic hydroxyl groups is 1. The highest BCUT2D eigenvalue weighted by Gasteiger charge is 2.09. The summed E-state index contributed by atoms with van der Waals surface area (Å²) in [4.78, 5) is 2.27. The SMILES string of the molecule is CC(C)CCN(C)CCC(O)c1cccc(Cl)c1. The predicted molar refractivity (Wildman–Crippen MR) is 78.0 cm³/mol. The highest BCUT2D eigenvalue weighted by Crippen LogP contribution is 2.20. The van der Waals surface area contributed by atoms with Crippen molar-refractivity contribution in [1.29, 1.82) is 0 Å². The van der Waals surface area contributed by atoms with Crippen molar-refractivity contribution in [1.82, 2.24) is 4.90 Å². The van der Waals surface area contributed by atoms with Gasteiger partial charge in [-0.05, 0) is 50.0 Å². The van der Waals surface area contributed by atoms with Crippen LogP contribution in [-0.4, -0.2) is 30.1 Å². The second kappa shape index (κ2) is 7.78. The van der Waals surface area contributed by atoms with Crippen molar-refractivity contribution >= 4 is 11.6 Å². The van der Waals surface area contributed by atoms with Gasteiger partial charge in [-0.3, -0.25) is 0 Å². The molecule has 1 unspecified atom stereocenters. The maximum Gasteiger partial charge on any atom is 0.0802 e. The molecule has 0 bridgehead atoms. The zero-order chi connectivity index (χ0) is 13.5. The smallest absolute Gasteiger partial charge is 0.0802 e. The third-order valence-corrected chi connectivity index (χ3v) is 3.34. The molecule has 0 saturated carbocycles. The largest absolute Gasteiger partial charge is 0.388 e. The van der Waals surface area contributed by atoms with E-state index in [2.05, 4.69) is 25.8 Å². The maximum atomic E-state index is 10.1. The lowest BCUT2D eigenvalue weighted by atomic mass is 10.1. The average molecular weight is 270 g/mol. The molecule has 102 valence electrons. The van der Waals surface area contributed by atoms with E-state index in [1.807, 2.05) is 24.3 Å². The summed E-state index contributed by atoms with van der Waals surface area (Å²) in [6.07, 6.45) is 1.52. The third-order valence-electron chi connectivity index (χ3n) is 3.11. The van der Waals surface area contributed by atoms with Crippen molar-refractivity contribution in [3.63, 3.8) is 0 Å². The van der Waals surface area contributed by atoms with Crippen LogP contribution in [0.2, 0.25) is 5.02 Å². The standard InChI is InChI=1S/C15H24ClNO/c1-12(2)7-9-17(3)10-8-15(18)13-5-4-6-14(16)11-13/h4-6,11-12,15,18H,7-10H2,1-3H3. The molecule has 0 heterocycles. The first-order chi connectivity index (χ1) is 8.49. The van der Waals surface area contributed by atoms with Gasteiger partial charge in [0.1, 0.15) is 0 Å². The van der Waals surface area contributed by atoms with Gasteiger partial charge in [0.05, 0.1) is 6.10 Å². The summed E-state index contributed by atoms with van der Waals surface area (Å²) in [5.74, 6) is 0.727. The van der Waals surface area contributed by atoms with Crippen LogP contribution in [-0.2, 0) is 0 Å². The van der Waals surface area contributed by atoms with Gasteiger partial charge in [0, 0.05) is 11.6 Å². The van der Waals surface area contributed by atoms with Crippen LogP contribution in [0, 0.1) is 5.92 Å². The molecular formula is C15H24ClNO. The number of aliphatic hydroxyl groups excluding tert-OH is 1. The van der Waals surface area contributed by atoms with Crippen LogP contribution < -0.4 is 0 Å². The summed E-state index contributed by atoms with van der Waals surface area (Å²) in [5, 5.41) is 10.8. The van der Waals surface area contributed by atoms with Crippen molar-refractivity contribution in [2.24, 2.45) is 5.92 Å². The van der Waals surface area contributed by atoms with E-state index in [-0.39, 0.29) is 0 Å². The van der Waals surface area contributed by atoms with Crippen molar-refractivity contribution in [3.05, 3.63) is 34.9 Å². The maximum absolute atomic E-state index is 10.1. The number of rotatable bonds is 7. The van der Waals surface area contributed by atoms with E-state index in [1.54, 1.807) is 0 Å². The quantitative estimate of drug-likeness (QED) is 0.815. The Hall–Kier alpha value is -0.570. The van der Waals surface area contributed by atoms with Gasteiger partial charge in [0.15, 0.2) is 0 Å². The zero-order valence-electron chi connectivity index (χ0n) is 11.6. The minimum atomic E-state index is -0.426. The van der Waals surface area contributed by atoms with E-state index in [0.717, 1.165) is 31.0 Å². The van der Waals surface area contributed by atoms with Gasteiger partial charge in [-0.25, -0.2) is 0 Å². The predicted octanol–water partition coefficient (Wildman–Crippen LogP) is 3.74. The van der Waals surface area contributed by atoms with E-state index in [4.69, 9.17) is 11.6 Å². The first-order valence-electron chi connectivity index (χ1n) is 6.61. The van der Waals surface area contributed by atoms with Gasteiger partial charge in [0.2, 0.25) is 0 Å². The first-order valence-corrected chi connectivity index (χ1v) is 6.99. The van der Waals surface area contributed by atoms with Crippen LogP contribution in [0.4, 0.5) is 0 Å². The lowest BCUT2D eigenvalue weighted by Gasteiger charge is -2.20. The van der Waals surface area contributed by atoms with Gasteiger partial charge in [0.25, 0.3) is 0 Å². The Balaban J connectivity index is 2.34. The van der Waals surface area contributed by atoms with Crippen molar-refractivity contribution in [2.45, 2.75) is 32.8 Å². The van der Waals surface area contributed by atoms with Gasteiger partial charge in [-0.1, -0.05) is 37.6 Å². The van der Waals surface area contributed by atoms with Gasteiger partial charge in [-0.15, -0.1) is 0 Å². The number of halogens is 1. The van der Waals surface area contributed by atoms with E-state index in [0.29, 0.717) is 5.02 Å². The fourth-order valence-electron chi connectivity index (χ4n) is 1.81. The first kappa shape index (κ1) is 15.5. The topological polar surface area (TPSA) is 23.5 Å². The van der Waals surface area contributed by atoms with Crippen molar-refractivity contribution < 1.29 is 5.11 Å². The molecule has 0 aromatic heterocycles. The third kappa shape index (κ3) is 5.85. The summed E-state index contributed by atoms with van der Waals surface area (Å²) < 4.78 is 0. The van der Waals surface area contributed by atoms with Crippen LogP contribution in [0.15, 0.2) is 24.3 Å². The Morgan fingerprint density at radius 3 is 2.50 bits per heavy atom. The van der Waals surface area contributed by atoms with Crippen molar-refractivity contribution in [3.8, 4) is 0 Å². The summed E-state index contributed by atoms with van der Waals surface area (Å²) in [6.45, 7) is 6.45. The Bertz CT molecular complexity index is 354. The van der Waals surface area contributed by atoms with Gasteiger partial charge < -0.3 is 10.0 Å². The molecule has 0 radical (unpaired) electrons. The Labute approximate surface area is 116 Å². The summed E-state index contributed by atoms with van der Waals surface area (Å²) in [5.41, 5.74) is 0.903. The van der Waals surface area contributed by atoms with Gasteiger partial charge in [-0.2, -0.15) is 0 Å². The molecule has 0 aliphatic carbocycles. The molecule has 1 N–H and O–H groups in total. The molecule has 1 atom stereocenters. The number of nitrogens with zero attached hydrogens (tertiary/aromatic N) is 1. The van der Waals surface area contributed by atoms with Crippen LogP contribution in [0.5, 0.6) is 0 Å². The second-order valence-electron chi connectivity index (χ2n) is 5.35. The normalized spacial score (nSPS) is 13.3. The number of benzene rings is 1. The molecule has 3 heteroatoms. The Morgan fingerprint density at radius 2 is 1.89 bits per heavy atom. The molecular weight excluding hydrogens is 246 g/mol. The number of hydrogen-bond acceptors (Lipinski definition) is 2. The molecule has 2 nitrogen and oxygen atoms in total.